The number of ether oxygens (including phenoxy) is 2. The summed E-state index contributed by atoms with van der Waals surface area (Å²) < 4.78 is 11.1. The highest BCUT2D eigenvalue weighted by molar-refractivity contribution is 8.18. The van der Waals surface area contributed by atoms with Gasteiger partial charge in [-0.15, -0.1) is 0 Å². The molecule has 170 valence electrons. The van der Waals surface area contributed by atoms with Crippen LogP contribution in [0.5, 0.6) is 11.5 Å². The summed E-state index contributed by atoms with van der Waals surface area (Å²) in [5.41, 5.74) is 2.47. The van der Waals surface area contributed by atoms with Gasteiger partial charge in [-0.25, -0.2) is 4.99 Å². The fourth-order valence-electron chi connectivity index (χ4n) is 3.28. The van der Waals surface area contributed by atoms with E-state index in [9.17, 15) is 4.79 Å². The van der Waals surface area contributed by atoms with Crippen molar-refractivity contribution in [1.82, 2.24) is 9.88 Å². The number of thioether (sulfide) groups is 1. The zero-order valence-electron chi connectivity index (χ0n) is 18.5. The maximum absolute atomic E-state index is 13.4. The minimum Gasteiger partial charge on any atom is -0.490 e. The number of rotatable bonds is 8. The molecule has 0 atom stereocenters. The Balaban J connectivity index is 1.66. The van der Waals surface area contributed by atoms with Crippen LogP contribution >= 0.6 is 11.8 Å². The van der Waals surface area contributed by atoms with Gasteiger partial charge in [0.2, 0.25) is 0 Å². The first-order valence-corrected chi connectivity index (χ1v) is 11.5. The van der Waals surface area contributed by atoms with Gasteiger partial charge in [-0.3, -0.25) is 14.7 Å². The number of nitriles is 1. The second kappa shape index (κ2) is 11.2. The zero-order chi connectivity index (χ0) is 23.8. The van der Waals surface area contributed by atoms with Crippen LogP contribution in [-0.2, 0) is 11.3 Å². The summed E-state index contributed by atoms with van der Waals surface area (Å²) in [5, 5.41) is 9.40. The number of nitrogens with zero attached hydrogens (tertiary/aromatic N) is 4. The van der Waals surface area contributed by atoms with Crippen molar-refractivity contribution in [1.29, 1.82) is 5.26 Å². The molecule has 1 aromatic heterocycles. The topological polar surface area (TPSA) is 87.8 Å². The van der Waals surface area contributed by atoms with E-state index < -0.39 is 0 Å². The number of amides is 1. The van der Waals surface area contributed by atoms with E-state index in [1.165, 1.54) is 11.8 Å². The van der Waals surface area contributed by atoms with E-state index in [0.717, 1.165) is 16.8 Å². The molecule has 7 nitrogen and oxygen atoms in total. The number of para-hydroxylation sites is 1. The molecule has 0 aliphatic carbocycles. The van der Waals surface area contributed by atoms with Crippen molar-refractivity contribution >= 4 is 34.6 Å². The zero-order valence-corrected chi connectivity index (χ0v) is 19.4. The Bertz CT molecular complexity index is 1250. The van der Waals surface area contributed by atoms with Gasteiger partial charge in [0.15, 0.2) is 23.3 Å². The first-order chi connectivity index (χ1) is 16.7. The van der Waals surface area contributed by atoms with Gasteiger partial charge >= 0.3 is 0 Å². The smallest absolute Gasteiger partial charge is 0.267 e. The summed E-state index contributed by atoms with van der Waals surface area (Å²) in [5.74, 6) is 0.875. The van der Waals surface area contributed by atoms with Gasteiger partial charge in [-0.2, -0.15) is 5.26 Å². The number of amidine groups is 1. The van der Waals surface area contributed by atoms with Gasteiger partial charge in [-0.1, -0.05) is 30.3 Å². The van der Waals surface area contributed by atoms with Crippen molar-refractivity contribution in [2.24, 2.45) is 4.99 Å². The van der Waals surface area contributed by atoms with E-state index in [-0.39, 0.29) is 12.5 Å². The lowest BCUT2D eigenvalue weighted by molar-refractivity contribution is -0.122. The molecule has 2 heterocycles. The Morgan fingerprint density at radius 3 is 2.71 bits per heavy atom. The summed E-state index contributed by atoms with van der Waals surface area (Å²) in [7, 11) is 0. The van der Waals surface area contributed by atoms with Crippen LogP contribution in [0.4, 0.5) is 5.69 Å². The predicted molar refractivity (Wildman–Crippen MR) is 133 cm³/mol. The van der Waals surface area contributed by atoms with E-state index in [4.69, 9.17) is 19.7 Å². The maximum Gasteiger partial charge on any atom is 0.267 e. The van der Waals surface area contributed by atoms with Crippen LogP contribution in [0.25, 0.3) is 6.08 Å². The van der Waals surface area contributed by atoms with Crippen LogP contribution in [0.1, 0.15) is 18.1 Å². The third-order valence-corrected chi connectivity index (χ3v) is 5.80. The van der Waals surface area contributed by atoms with Gasteiger partial charge in [0.1, 0.15) is 6.07 Å². The molecule has 0 radical (unpaired) electrons. The van der Waals surface area contributed by atoms with E-state index in [1.807, 2.05) is 67.6 Å². The minimum atomic E-state index is -0.133. The Hall–Kier alpha value is -4.09. The fourth-order valence-corrected chi connectivity index (χ4v) is 4.28. The highest BCUT2D eigenvalue weighted by atomic mass is 32.2. The molecule has 1 amide bonds. The number of carbonyl (C=O) groups is 1. The molecule has 3 aromatic rings. The molecule has 0 bridgehead atoms. The average molecular weight is 471 g/mol. The van der Waals surface area contributed by atoms with Crippen molar-refractivity contribution in [3.63, 3.8) is 0 Å². The Kier molecular flexibility index (Phi) is 7.58. The SMILES string of the molecule is CCOc1cc(C=C2SC(=Nc3ccccc3)N(Cc3cccnc3)C2=O)ccc1OCC#N. The van der Waals surface area contributed by atoms with E-state index in [0.29, 0.717) is 34.7 Å². The fraction of sp³-hybridized carbons (Fsp3) is 0.154. The van der Waals surface area contributed by atoms with Gasteiger partial charge in [0, 0.05) is 12.4 Å². The second-order valence-electron chi connectivity index (χ2n) is 7.18. The standard InChI is InChI=1S/C26H22N4O3S/c1-2-32-23-15-19(10-11-22(23)33-14-12-27)16-24-25(31)30(18-20-7-6-13-28-17-20)26(34-24)29-21-8-4-3-5-9-21/h3-11,13,15-17H,2,14,18H2,1H3. The molecule has 0 unspecified atom stereocenters. The van der Waals surface area contributed by atoms with Gasteiger partial charge in [-0.05, 0) is 66.2 Å². The molecule has 0 saturated carbocycles. The molecule has 2 aromatic carbocycles. The molecular weight excluding hydrogens is 448 g/mol. The van der Waals surface area contributed by atoms with E-state index in [1.54, 1.807) is 29.4 Å². The molecule has 1 aliphatic rings. The summed E-state index contributed by atoms with van der Waals surface area (Å²) in [6, 6.07) is 20.6. The van der Waals surface area contributed by atoms with Gasteiger partial charge in [0.05, 0.1) is 23.7 Å². The molecular formula is C26H22N4O3S. The van der Waals surface area contributed by atoms with Crippen LogP contribution in [0.3, 0.4) is 0 Å². The maximum atomic E-state index is 13.4. The molecule has 1 saturated heterocycles. The van der Waals surface area contributed by atoms with Crippen molar-refractivity contribution in [2.75, 3.05) is 13.2 Å². The molecule has 8 heteroatoms. The Morgan fingerprint density at radius 2 is 1.97 bits per heavy atom. The lowest BCUT2D eigenvalue weighted by atomic mass is 10.1. The molecule has 1 fully saturated rings. The largest absolute Gasteiger partial charge is 0.490 e. The van der Waals surface area contributed by atoms with Crippen molar-refractivity contribution in [3.05, 3.63) is 89.1 Å². The Labute approximate surface area is 202 Å². The lowest BCUT2D eigenvalue weighted by Crippen LogP contribution is -2.28. The highest BCUT2D eigenvalue weighted by Gasteiger charge is 2.33. The average Bonchev–Trinajstić information content (AvgIpc) is 3.14. The number of hydrogen-bond acceptors (Lipinski definition) is 7. The lowest BCUT2D eigenvalue weighted by Gasteiger charge is -2.15. The first-order valence-electron chi connectivity index (χ1n) is 10.7. The molecule has 4 rings (SSSR count). The summed E-state index contributed by atoms with van der Waals surface area (Å²) in [6.07, 6.45) is 5.26. The van der Waals surface area contributed by atoms with Crippen molar-refractivity contribution in [3.8, 4) is 17.6 Å². The minimum absolute atomic E-state index is 0.0720. The van der Waals surface area contributed by atoms with Crippen LogP contribution in [0.15, 0.2) is 83.0 Å². The third kappa shape index (κ3) is 5.63. The number of hydrogen-bond donors (Lipinski definition) is 0. The highest BCUT2D eigenvalue weighted by Crippen LogP contribution is 2.36. The van der Waals surface area contributed by atoms with Crippen molar-refractivity contribution < 1.29 is 14.3 Å². The van der Waals surface area contributed by atoms with Crippen LogP contribution < -0.4 is 9.47 Å². The number of pyridine rings is 1. The number of aromatic nitrogens is 1. The van der Waals surface area contributed by atoms with Crippen LogP contribution in [0.2, 0.25) is 0 Å². The number of benzene rings is 2. The Morgan fingerprint density at radius 1 is 1.12 bits per heavy atom. The molecule has 1 aliphatic heterocycles. The molecule has 0 N–H and O–H groups in total. The van der Waals surface area contributed by atoms with Crippen LogP contribution in [0, 0.1) is 11.3 Å². The van der Waals surface area contributed by atoms with Crippen molar-refractivity contribution in [2.45, 2.75) is 13.5 Å². The normalized spacial score (nSPS) is 15.5. The molecule has 0 spiro atoms. The number of aliphatic imine (C=N–C) groups is 1. The third-order valence-electron chi connectivity index (χ3n) is 4.79. The van der Waals surface area contributed by atoms with Gasteiger partial charge < -0.3 is 9.47 Å². The van der Waals surface area contributed by atoms with E-state index >= 15 is 0 Å². The summed E-state index contributed by atoms with van der Waals surface area (Å²) in [4.78, 5) is 24.5. The predicted octanol–water partition coefficient (Wildman–Crippen LogP) is 5.19. The van der Waals surface area contributed by atoms with Gasteiger partial charge in [0.25, 0.3) is 5.91 Å². The first kappa shape index (κ1) is 23.1. The number of carbonyl (C=O) groups excluding carboxylic acids is 1. The quantitative estimate of drug-likeness (QED) is 0.421. The van der Waals surface area contributed by atoms with Crippen LogP contribution in [-0.4, -0.2) is 34.2 Å². The van der Waals surface area contributed by atoms with E-state index in [2.05, 4.69) is 4.98 Å². The monoisotopic (exact) mass is 470 g/mol. The summed E-state index contributed by atoms with van der Waals surface area (Å²) >= 11 is 1.33. The molecule has 34 heavy (non-hydrogen) atoms. The summed E-state index contributed by atoms with van der Waals surface area (Å²) in [6.45, 7) is 2.62. The second-order valence-corrected chi connectivity index (χ2v) is 8.19.